The molecule has 0 aromatic carbocycles. The molecule has 5 heteroatoms. The largest absolute Gasteiger partial charge is 0.357 e. The first kappa shape index (κ1) is 9.51. The Labute approximate surface area is 86.9 Å². The van der Waals surface area contributed by atoms with Crippen LogP contribution < -0.4 is 5.32 Å². The average Bonchev–Trinajstić information content (AvgIpc) is 2.87. The molecule has 15 heavy (non-hydrogen) atoms. The van der Waals surface area contributed by atoms with E-state index < -0.39 is 0 Å². The Morgan fingerprint density at radius 1 is 1.60 bits per heavy atom. The zero-order valence-electron chi connectivity index (χ0n) is 8.37. The molecule has 0 aliphatic heterocycles. The number of nitrogens with zero attached hydrogens (tertiary/aromatic N) is 1. The van der Waals surface area contributed by atoms with Crippen LogP contribution in [0.5, 0.6) is 0 Å². The number of hydrogen-bond donors (Lipinski definition) is 3. The van der Waals surface area contributed by atoms with Gasteiger partial charge in [0.2, 0.25) is 0 Å². The number of aromatic amines is 2. The van der Waals surface area contributed by atoms with E-state index in [1.807, 2.05) is 13.0 Å². The zero-order valence-corrected chi connectivity index (χ0v) is 8.37. The summed E-state index contributed by atoms with van der Waals surface area (Å²) in [5.41, 5.74) is 1.52. The van der Waals surface area contributed by atoms with E-state index in [1.165, 1.54) is 0 Å². The Morgan fingerprint density at radius 2 is 2.47 bits per heavy atom. The van der Waals surface area contributed by atoms with Gasteiger partial charge in [0.05, 0.1) is 0 Å². The van der Waals surface area contributed by atoms with Crippen molar-refractivity contribution in [3.63, 3.8) is 0 Å². The third-order valence-electron chi connectivity index (χ3n) is 2.10. The van der Waals surface area contributed by atoms with Crippen LogP contribution in [-0.2, 0) is 6.42 Å². The zero-order chi connectivity index (χ0) is 10.7. The van der Waals surface area contributed by atoms with Crippen LogP contribution in [-0.4, -0.2) is 21.1 Å². The minimum absolute atomic E-state index is 0.186. The fourth-order valence-corrected chi connectivity index (χ4v) is 1.26. The van der Waals surface area contributed by atoms with Gasteiger partial charge in [-0.25, -0.2) is 0 Å². The molecule has 0 saturated heterocycles. The van der Waals surface area contributed by atoms with Gasteiger partial charge < -0.3 is 10.3 Å². The molecule has 3 N–H and O–H groups in total. The van der Waals surface area contributed by atoms with Crippen molar-refractivity contribution in [1.29, 1.82) is 0 Å². The number of rotatable bonds is 3. The molecule has 0 atom stereocenters. The van der Waals surface area contributed by atoms with Gasteiger partial charge >= 0.3 is 0 Å². The van der Waals surface area contributed by atoms with Gasteiger partial charge in [0.15, 0.2) is 5.82 Å². The molecule has 2 rings (SSSR count). The van der Waals surface area contributed by atoms with Crippen molar-refractivity contribution < 1.29 is 4.79 Å². The maximum Gasteiger partial charge on any atom is 0.273 e. The minimum atomic E-state index is -0.186. The van der Waals surface area contributed by atoms with E-state index in [0.717, 1.165) is 12.1 Å². The highest BCUT2D eigenvalue weighted by molar-refractivity contribution is 6.02. The highest BCUT2D eigenvalue weighted by Gasteiger charge is 2.07. The molecular formula is C10H12N4O. The van der Waals surface area contributed by atoms with Crippen LogP contribution in [0.2, 0.25) is 0 Å². The third-order valence-corrected chi connectivity index (χ3v) is 2.10. The third kappa shape index (κ3) is 2.07. The molecule has 5 nitrogen and oxygen atoms in total. The first-order chi connectivity index (χ1) is 7.29. The number of amides is 1. The highest BCUT2D eigenvalue weighted by atomic mass is 16.1. The number of hydrogen-bond acceptors (Lipinski definition) is 2. The van der Waals surface area contributed by atoms with Gasteiger partial charge in [0, 0.05) is 18.0 Å². The molecule has 78 valence electrons. The lowest BCUT2D eigenvalue weighted by Gasteiger charge is -1.97. The number of aryl methyl sites for hydroxylation is 1. The number of H-pyrrole nitrogens is 2. The molecule has 0 unspecified atom stereocenters. The lowest BCUT2D eigenvalue weighted by atomic mass is 10.3. The minimum Gasteiger partial charge on any atom is -0.357 e. The summed E-state index contributed by atoms with van der Waals surface area (Å²) >= 11 is 0. The summed E-state index contributed by atoms with van der Waals surface area (Å²) < 4.78 is 0. The van der Waals surface area contributed by atoms with Crippen molar-refractivity contribution in [2.75, 3.05) is 5.32 Å². The van der Waals surface area contributed by atoms with Gasteiger partial charge in [-0.15, -0.1) is 0 Å². The molecule has 2 heterocycles. The predicted octanol–water partition coefficient (Wildman–Crippen LogP) is 1.55. The molecule has 0 spiro atoms. The van der Waals surface area contributed by atoms with E-state index >= 15 is 0 Å². The SMILES string of the molecule is CCc1cc(NC(=O)c2ccc[nH]2)n[nH]1. The number of anilines is 1. The number of carbonyl (C=O) groups is 1. The molecule has 0 aliphatic rings. The Morgan fingerprint density at radius 3 is 3.07 bits per heavy atom. The summed E-state index contributed by atoms with van der Waals surface area (Å²) in [6, 6.07) is 5.31. The van der Waals surface area contributed by atoms with Gasteiger partial charge in [-0.3, -0.25) is 9.89 Å². The smallest absolute Gasteiger partial charge is 0.273 e. The highest BCUT2D eigenvalue weighted by Crippen LogP contribution is 2.07. The van der Waals surface area contributed by atoms with Crippen LogP contribution >= 0.6 is 0 Å². The van der Waals surface area contributed by atoms with E-state index in [0.29, 0.717) is 11.5 Å². The van der Waals surface area contributed by atoms with Gasteiger partial charge in [0.25, 0.3) is 5.91 Å². The number of nitrogens with one attached hydrogen (secondary N) is 3. The summed E-state index contributed by atoms with van der Waals surface area (Å²) in [5, 5.41) is 9.48. The van der Waals surface area contributed by atoms with Crippen LogP contribution in [0.1, 0.15) is 23.1 Å². The first-order valence-corrected chi connectivity index (χ1v) is 4.78. The second-order valence-electron chi connectivity index (χ2n) is 3.17. The van der Waals surface area contributed by atoms with Gasteiger partial charge in [-0.05, 0) is 18.6 Å². The molecule has 1 amide bonds. The fraction of sp³-hybridized carbons (Fsp3) is 0.200. The standard InChI is InChI=1S/C10H12N4O/c1-2-7-6-9(14-13-7)12-10(15)8-4-3-5-11-8/h3-6,11H,2H2,1H3,(H2,12,13,14,15). The fourth-order valence-electron chi connectivity index (χ4n) is 1.26. The molecule has 0 fully saturated rings. The monoisotopic (exact) mass is 204 g/mol. The Kier molecular flexibility index (Phi) is 2.53. The van der Waals surface area contributed by atoms with Crippen LogP contribution in [0.25, 0.3) is 0 Å². The molecule has 0 radical (unpaired) electrons. The van der Waals surface area contributed by atoms with E-state index in [4.69, 9.17) is 0 Å². The first-order valence-electron chi connectivity index (χ1n) is 4.78. The molecule has 0 aliphatic carbocycles. The second kappa shape index (κ2) is 4.00. The number of carbonyl (C=O) groups excluding carboxylic acids is 1. The summed E-state index contributed by atoms with van der Waals surface area (Å²) in [7, 11) is 0. The molecule has 2 aromatic rings. The maximum absolute atomic E-state index is 11.6. The molecule has 2 aromatic heterocycles. The molecule has 0 bridgehead atoms. The van der Waals surface area contributed by atoms with Crippen molar-refractivity contribution in [3.8, 4) is 0 Å². The average molecular weight is 204 g/mol. The van der Waals surface area contributed by atoms with E-state index in [2.05, 4.69) is 20.5 Å². The van der Waals surface area contributed by atoms with Crippen LogP contribution in [0.3, 0.4) is 0 Å². The maximum atomic E-state index is 11.6. The second-order valence-corrected chi connectivity index (χ2v) is 3.17. The van der Waals surface area contributed by atoms with Crippen molar-refractivity contribution in [2.24, 2.45) is 0 Å². The number of aromatic nitrogens is 3. The summed E-state index contributed by atoms with van der Waals surface area (Å²) in [6.07, 6.45) is 2.57. The normalized spacial score (nSPS) is 10.2. The Bertz CT molecular complexity index is 444. The van der Waals surface area contributed by atoms with E-state index in [1.54, 1.807) is 18.3 Å². The van der Waals surface area contributed by atoms with Gasteiger partial charge in [0.1, 0.15) is 5.69 Å². The molecule has 0 saturated carbocycles. The predicted molar refractivity (Wildman–Crippen MR) is 56.7 cm³/mol. The molecular weight excluding hydrogens is 192 g/mol. The lowest BCUT2D eigenvalue weighted by Crippen LogP contribution is -2.12. The Balaban J connectivity index is 2.06. The van der Waals surface area contributed by atoms with Crippen molar-refractivity contribution >= 4 is 11.7 Å². The Hall–Kier alpha value is -2.04. The van der Waals surface area contributed by atoms with Crippen molar-refractivity contribution in [3.05, 3.63) is 35.8 Å². The van der Waals surface area contributed by atoms with Crippen LogP contribution in [0.15, 0.2) is 24.4 Å². The van der Waals surface area contributed by atoms with Crippen molar-refractivity contribution in [1.82, 2.24) is 15.2 Å². The van der Waals surface area contributed by atoms with E-state index in [-0.39, 0.29) is 5.91 Å². The van der Waals surface area contributed by atoms with Crippen molar-refractivity contribution in [2.45, 2.75) is 13.3 Å². The van der Waals surface area contributed by atoms with Gasteiger partial charge in [-0.1, -0.05) is 6.92 Å². The quantitative estimate of drug-likeness (QED) is 0.709. The van der Waals surface area contributed by atoms with Crippen LogP contribution in [0, 0.1) is 0 Å². The topological polar surface area (TPSA) is 73.6 Å². The summed E-state index contributed by atoms with van der Waals surface area (Å²) in [5.74, 6) is 0.362. The van der Waals surface area contributed by atoms with E-state index in [9.17, 15) is 4.79 Å². The summed E-state index contributed by atoms with van der Waals surface area (Å²) in [6.45, 7) is 2.02. The lowest BCUT2D eigenvalue weighted by molar-refractivity contribution is 0.102. The van der Waals surface area contributed by atoms with Gasteiger partial charge in [-0.2, -0.15) is 5.10 Å². The van der Waals surface area contributed by atoms with Crippen LogP contribution in [0.4, 0.5) is 5.82 Å². The summed E-state index contributed by atoms with van der Waals surface area (Å²) in [4.78, 5) is 14.4.